The topological polar surface area (TPSA) is 151 Å². The quantitative estimate of drug-likeness (QED) is 0.143. The number of alkyl halides is 1. The molecule has 0 aliphatic carbocycles. The van der Waals surface area contributed by atoms with Gasteiger partial charge in [-0.2, -0.15) is 0 Å². The van der Waals surface area contributed by atoms with Crippen LogP contribution in [0.2, 0.25) is 5.82 Å². The molecule has 1 aromatic carbocycles. The Bertz CT molecular complexity index is 1540. The van der Waals surface area contributed by atoms with Crippen molar-refractivity contribution in [2.45, 2.75) is 109 Å². The third-order valence-corrected chi connectivity index (χ3v) is 10.2. The Kier molecular flexibility index (Phi) is 11.6. The Labute approximate surface area is 289 Å². The number of hydrogen-bond donors (Lipinski definition) is 2. The minimum Gasteiger partial charge on any atom is -0.455 e. The van der Waals surface area contributed by atoms with E-state index in [1.807, 2.05) is 44.2 Å². The van der Waals surface area contributed by atoms with Crippen LogP contribution in [0, 0.1) is 11.8 Å². The molecule has 9 atom stereocenters. The summed E-state index contributed by atoms with van der Waals surface area (Å²) in [5.74, 6) is -4.32. The van der Waals surface area contributed by atoms with Crippen LogP contribution in [0.3, 0.4) is 0 Å². The molecule has 2 aliphatic rings. The van der Waals surface area contributed by atoms with Crippen LogP contribution in [0.5, 0.6) is 0 Å². The Hall–Kier alpha value is -3.78. The van der Waals surface area contributed by atoms with Gasteiger partial charge in [-0.3, -0.25) is 9.69 Å². The van der Waals surface area contributed by atoms with Gasteiger partial charge in [0.2, 0.25) is 0 Å². The minimum absolute atomic E-state index is 0.0000161. The van der Waals surface area contributed by atoms with Crippen molar-refractivity contribution in [3.63, 3.8) is 0 Å². The smallest absolute Gasteiger partial charge is 0.411 e. The van der Waals surface area contributed by atoms with E-state index in [1.165, 1.54) is 14.0 Å². The normalized spacial score (nSPS) is 35.0. The van der Waals surface area contributed by atoms with Gasteiger partial charge in [0.1, 0.15) is 11.8 Å². The standard InChI is InChI=1S/C35H50BFN6O6/c1-9-27-35(7)29(43(32(46)49-35)16-11-10-15-42-20-26(40-41-42)24-13-12-14-25(38)17-24)23(4)39-19-21(2)18-33(5,47-8)28(36)22(3)30(44)34(6,37)31(45)48-27/h10-14,17,20-23,27-29,39H,9,15-16,18-19,38H2,1-8H3/b11-10+/t21-,22-,23-,27-,28-,29-,33-,34+,35-/m1/s1. The number of cyclic esters (lactones) is 1. The van der Waals surface area contributed by atoms with Crippen molar-refractivity contribution in [3.8, 4) is 11.3 Å². The van der Waals surface area contributed by atoms with E-state index in [0.29, 0.717) is 30.9 Å². The fraction of sp³-hybridized carbons (Fsp3) is 0.629. The molecule has 266 valence electrons. The number of amides is 1. The van der Waals surface area contributed by atoms with Crippen LogP contribution in [0.25, 0.3) is 11.3 Å². The first kappa shape index (κ1) is 38.0. The number of halogens is 1. The lowest BCUT2D eigenvalue weighted by molar-refractivity contribution is -0.179. The van der Waals surface area contributed by atoms with Crippen LogP contribution in [0.4, 0.5) is 14.9 Å². The number of nitrogens with one attached hydrogen (secondary N) is 1. The van der Waals surface area contributed by atoms with Crippen LogP contribution in [0.15, 0.2) is 42.6 Å². The lowest BCUT2D eigenvalue weighted by Crippen LogP contribution is -2.61. The summed E-state index contributed by atoms with van der Waals surface area (Å²) >= 11 is 0. The fourth-order valence-electron chi connectivity index (χ4n) is 7.21. The number of Topliss-reactive ketones (excluding diaryl/α,β-unsaturated/α-hetero) is 1. The van der Waals surface area contributed by atoms with Crippen LogP contribution < -0.4 is 11.1 Å². The second-order valence-electron chi connectivity index (χ2n) is 14.1. The van der Waals surface area contributed by atoms with E-state index in [-0.39, 0.29) is 24.9 Å². The maximum atomic E-state index is 16.2. The molecule has 4 rings (SSSR count). The number of aromatic nitrogens is 3. The number of anilines is 1. The molecule has 0 bridgehead atoms. The predicted octanol–water partition coefficient (Wildman–Crippen LogP) is 4.30. The average Bonchev–Trinajstić information content (AvgIpc) is 3.64. The summed E-state index contributed by atoms with van der Waals surface area (Å²) in [5.41, 5.74) is 2.68. The second kappa shape index (κ2) is 15.0. The lowest BCUT2D eigenvalue weighted by Gasteiger charge is -2.41. The number of esters is 1. The molecule has 12 nitrogen and oxygen atoms in total. The number of hydrogen-bond acceptors (Lipinski definition) is 10. The first-order valence-electron chi connectivity index (χ1n) is 16.9. The van der Waals surface area contributed by atoms with E-state index in [9.17, 15) is 14.4 Å². The Morgan fingerprint density at radius 3 is 2.51 bits per heavy atom. The molecular weight excluding hydrogens is 630 g/mol. The van der Waals surface area contributed by atoms with Crippen molar-refractivity contribution in [2.24, 2.45) is 11.8 Å². The van der Waals surface area contributed by atoms with E-state index in [4.69, 9.17) is 27.8 Å². The van der Waals surface area contributed by atoms with Gasteiger partial charge in [0.15, 0.2) is 11.4 Å². The lowest BCUT2D eigenvalue weighted by atomic mass is 9.62. The predicted molar refractivity (Wildman–Crippen MR) is 184 cm³/mol. The number of nitrogens with zero attached hydrogens (tertiary/aromatic N) is 4. The zero-order chi connectivity index (χ0) is 36.3. The number of nitrogens with two attached hydrogens (primary N) is 1. The molecule has 0 unspecified atom stereocenters. The molecule has 2 fully saturated rings. The number of ketones is 1. The van der Waals surface area contributed by atoms with E-state index < -0.39 is 58.6 Å². The van der Waals surface area contributed by atoms with Gasteiger partial charge in [-0.1, -0.05) is 50.3 Å². The average molecular weight is 681 g/mol. The van der Waals surface area contributed by atoms with Gasteiger partial charge >= 0.3 is 12.1 Å². The zero-order valence-electron chi connectivity index (χ0n) is 29.8. The number of carbonyl (C=O) groups is 3. The van der Waals surface area contributed by atoms with Crippen LogP contribution in [-0.2, 0) is 30.3 Å². The molecule has 2 aliphatic heterocycles. The second-order valence-corrected chi connectivity index (χ2v) is 14.1. The first-order chi connectivity index (χ1) is 23.0. The van der Waals surface area contributed by atoms with Crippen molar-refractivity contribution in [1.82, 2.24) is 25.2 Å². The first-order valence-corrected chi connectivity index (χ1v) is 16.9. The van der Waals surface area contributed by atoms with Crippen LogP contribution in [0.1, 0.15) is 61.3 Å². The number of ether oxygens (including phenoxy) is 3. The molecule has 3 N–H and O–H groups in total. The SMILES string of the molecule is [B][C@@H]1[C@@H](C)C(=O)[C@](C)(F)C(=O)O[C@H](CC)[C@@]2(C)OC(=O)N(C/C=C/Cn3cc(-c4cccc(N)c4)nn3)[C@@H]2[C@@H](C)NC[C@H](C)C[C@@]1(C)OC. The summed E-state index contributed by atoms with van der Waals surface area (Å²) < 4.78 is 35.4. The van der Waals surface area contributed by atoms with E-state index in [1.54, 1.807) is 42.6 Å². The Morgan fingerprint density at radius 1 is 1.16 bits per heavy atom. The van der Waals surface area contributed by atoms with Crippen molar-refractivity contribution in [3.05, 3.63) is 42.6 Å². The van der Waals surface area contributed by atoms with E-state index >= 15 is 4.39 Å². The van der Waals surface area contributed by atoms with E-state index in [0.717, 1.165) is 12.5 Å². The fourth-order valence-corrected chi connectivity index (χ4v) is 7.21. The van der Waals surface area contributed by atoms with Gasteiger partial charge in [-0.05, 0) is 70.9 Å². The highest BCUT2D eigenvalue weighted by atomic mass is 19.1. The highest BCUT2D eigenvalue weighted by molar-refractivity contribution is 6.17. The summed E-state index contributed by atoms with van der Waals surface area (Å²) in [6.07, 6.45) is 4.47. The van der Waals surface area contributed by atoms with Gasteiger partial charge in [-0.15, -0.1) is 5.10 Å². The highest BCUT2D eigenvalue weighted by Gasteiger charge is 2.59. The highest BCUT2D eigenvalue weighted by Crippen LogP contribution is 2.41. The number of rotatable bonds is 7. The van der Waals surface area contributed by atoms with Gasteiger partial charge in [0, 0.05) is 36.9 Å². The summed E-state index contributed by atoms with van der Waals surface area (Å²) in [4.78, 5) is 42.0. The number of nitrogen functional groups attached to an aromatic ring is 1. The van der Waals surface area contributed by atoms with Crippen molar-refractivity contribution >= 4 is 31.4 Å². The number of fused-ring (bicyclic) bond motifs is 1. The number of allylic oxidation sites excluding steroid dienone is 1. The maximum absolute atomic E-state index is 16.2. The molecule has 14 heteroatoms. The number of benzene rings is 1. The van der Waals surface area contributed by atoms with Gasteiger partial charge in [0.25, 0.3) is 5.67 Å². The molecule has 1 aromatic heterocycles. The van der Waals surface area contributed by atoms with Crippen molar-refractivity contribution in [2.75, 3.05) is 25.9 Å². The van der Waals surface area contributed by atoms with Gasteiger partial charge in [0.05, 0.1) is 32.2 Å². The van der Waals surface area contributed by atoms with Gasteiger partial charge in [-0.25, -0.2) is 18.7 Å². The molecule has 2 saturated heterocycles. The molecule has 2 aromatic rings. The molecule has 0 saturated carbocycles. The van der Waals surface area contributed by atoms with Crippen molar-refractivity contribution in [1.29, 1.82) is 0 Å². The monoisotopic (exact) mass is 680 g/mol. The summed E-state index contributed by atoms with van der Waals surface area (Å²) in [5, 5.41) is 12.0. The molecule has 49 heavy (non-hydrogen) atoms. The zero-order valence-corrected chi connectivity index (χ0v) is 29.8. The third kappa shape index (κ3) is 7.85. The molecular formula is C35H50BFN6O6. The van der Waals surface area contributed by atoms with Crippen molar-refractivity contribution < 1.29 is 33.0 Å². The maximum Gasteiger partial charge on any atom is 0.411 e. The third-order valence-electron chi connectivity index (χ3n) is 10.2. The van der Waals surface area contributed by atoms with Gasteiger partial charge < -0.3 is 25.3 Å². The number of methoxy groups -OCH3 is 1. The Morgan fingerprint density at radius 2 is 1.86 bits per heavy atom. The molecule has 3 heterocycles. The molecule has 2 radical (unpaired) electrons. The largest absolute Gasteiger partial charge is 0.455 e. The summed E-state index contributed by atoms with van der Waals surface area (Å²) in [7, 11) is 8.04. The van der Waals surface area contributed by atoms with Crippen LogP contribution >= 0.6 is 0 Å². The Balaban J connectivity index is 1.61. The molecule has 0 spiro atoms. The molecule has 1 amide bonds. The minimum atomic E-state index is -3.00. The summed E-state index contributed by atoms with van der Waals surface area (Å²) in [6, 6.07) is 6.37. The van der Waals surface area contributed by atoms with Crippen LogP contribution in [-0.4, -0.2) is 101 Å². The van der Waals surface area contributed by atoms with E-state index in [2.05, 4.69) is 15.6 Å². The summed E-state index contributed by atoms with van der Waals surface area (Å²) in [6.45, 7) is 12.6. The number of carbonyl (C=O) groups excluding carboxylic acids is 3.